The van der Waals surface area contributed by atoms with Gasteiger partial charge in [0.1, 0.15) is 0 Å². The van der Waals surface area contributed by atoms with E-state index >= 15 is 0 Å². The first-order valence-electron chi connectivity index (χ1n) is 5.70. The van der Waals surface area contributed by atoms with Crippen LogP contribution in [-0.2, 0) is 14.9 Å². The van der Waals surface area contributed by atoms with Gasteiger partial charge in [0.05, 0.1) is 12.5 Å². The number of carboxylic acids is 1. The second-order valence-corrected chi connectivity index (χ2v) is 5.00. The molecule has 0 aliphatic heterocycles. The number of carboxylic acid groups (broad SMARTS) is 1. The van der Waals surface area contributed by atoms with E-state index in [4.69, 9.17) is 9.84 Å². The fourth-order valence-corrected chi connectivity index (χ4v) is 1.82. The zero-order valence-corrected chi connectivity index (χ0v) is 10.9. The van der Waals surface area contributed by atoms with E-state index in [0.717, 1.165) is 11.1 Å². The van der Waals surface area contributed by atoms with Crippen molar-refractivity contribution in [2.45, 2.75) is 32.1 Å². The van der Waals surface area contributed by atoms with Crippen molar-refractivity contribution in [2.75, 3.05) is 13.7 Å². The normalized spacial score (nSPS) is 13.4. The average molecular weight is 236 g/mol. The van der Waals surface area contributed by atoms with Crippen LogP contribution in [0.25, 0.3) is 0 Å². The maximum Gasteiger partial charge on any atom is 0.310 e. The lowest BCUT2D eigenvalue weighted by molar-refractivity contribution is -0.138. The molecule has 1 rings (SSSR count). The van der Waals surface area contributed by atoms with Crippen molar-refractivity contribution < 1.29 is 14.6 Å². The Kier molecular flexibility index (Phi) is 4.29. The van der Waals surface area contributed by atoms with Crippen molar-refractivity contribution >= 4 is 5.97 Å². The summed E-state index contributed by atoms with van der Waals surface area (Å²) in [5, 5.41) is 9.01. The van der Waals surface area contributed by atoms with Crippen LogP contribution in [0.4, 0.5) is 0 Å². The largest absolute Gasteiger partial charge is 0.481 e. The Morgan fingerprint density at radius 3 is 2.65 bits per heavy atom. The lowest BCUT2D eigenvalue weighted by Crippen LogP contribution is -2.24. The third-order valence-electron chi connectivity index (χ3n) is 3.04. The molecule has 0 aromatic heterocycles. The zero-order chi connectivity index (χ0) is 13.1. The molecule has 0 saturated carbocycles. The number of ether oxygens (including phenoxy) is 1. The molecule has 3 nitrogen and oxygen atoms in total. The van der Waals surface area contributed by atoms with E-state index in [9.17, 15) is 4.79 Å². The number of methoxy groups -OCH3 is 1. The summed E-state index contributed by atoms with van der Waals surface area (Å²) in [6.07, 6.45) is 0. The Morgan fingerprint density at radius 1 is 1.47 bits per heavy atom. The standard InChI is InChI=1S/C14H20O3/c1-10(13(15)16)11-6-5-7-12(8-11)14(2,3)9-17-4/h5-8,10H,9H2,1-4H3,(H,15,16). The Bertz CT molecular complexity index is 396. The van der Waals surface area contributed by atoms with Crippen LogP contribution in [0.5, 0.6) is 0 Å². The van der Waals surface area contributed by atoms with Crippen LogP contribution >= 0.6 is 0 Å². The van der Waals surface area contributed by atoms with E-state index in [-0.39, 0.29) is 5.41 Å². The Balaban J connectivity index is 3.04. The summed E-state index contributed by atoms with van der Waals surface area (Å²) in [5.41, 5.74) is 1.83. The molecule has 1 unspecified atom stereocenters. The molecular weight excluding hydrogens is 216 g/mol. The van der Waals surface area contributed by atoms with Crippen LogP contribution in [0, 0.1) is 0 Å². The smallest absolute Gasteiger partial charge is 0.310 e. The van der Waals surface area contributed by atoms with Crippen LogP contribution in [-0.4, -0.2) is 24.8 Å². The van der Waals surface area contributed by atoms with E-state index in [2.05, 4.69) is 13.8 Å². The second kappa shape index (κ2) is 5.32. The molecule has 0 spiro atoms. The summed E-state index contributed by atoms with van der Waals surface area (Å²) in [7, 11) is 1.67. The fraction of sp³-hybridized carbons (Fsp3) is 0.500. The summed E-state index contributed by atoms with van der Waals surface area (Å²) < 4.78 is 5.19. The molecule has 0 fully saturated rings. The van der Waals surface area contributed by atoms with Gasteiger partial charge >= 0.3 is 5.97 Å². The first-order chi connectivity index (χ1) is 7.88. The van der Waals surface area contributed by atoms with Crippen LogP contribution in [0.1, 0.15) is 37.8 Å². The van der Waals surface area contributed by atoms with Crippen molar-refractivity contribution in [3.8, 4) is 0 Å². The number of hydrogen-bond acceptors (Lipinski definition) is 2. The van der Waals surface area contributed by atoms with Crippen molar-refractivity contribution in [2.24, 2.45) is 0 Å². The molecule has 1 N–H and O–H groups in total. The minimum atomic E-state index is -0.799. The molecule has 1 atom stereocenters. The lowest BCUT2D eigenvalue weighted by atomic mass is 9.83. The summed E-state index contributed by atoms with van der Waals surface area (Å²) in [4.78, 5) is 11.0. The Labute approximate surface area is 102 Å². The highest BCUT2D eigenvalue weighted by molar-refractivity contribution is 5.75. The van der Waals surface area contributed by atoms with Crippen LogP contribution in [0.15, 0.2) is 24.3 Å². The summed E-state index contributed by atoms with van der Waals surface area (Å²) >= 11 is 0. The first kappa shape index (κ1) is 13.7. The minimum Gasteiger partial charge on any atom is -0.481 e. The molecule has 0 saturated heterocycles. The molecule has 0 heterocycles. The third-order valence-corrected chi connectivity index (χ3v) is 3.04. The van der Waals surface area contributed by atoms with Gasteiger partial charge < -0.3 is 9.84 Å². The molecule has 0 aliphatic carbocycles. The topological polar surface area (TPSA) is 46.5 Å². The number of hydrogen-bond donors (Lipinski definition) is 1. The highest BCUT2D eigenvalue weighted by atomic mass is 16.5. The number of benzene rings is 1. The van der Waals surface area contributed by atoms with Gasteiger partial charge in [0.2, 0.25) is 0 Å². The third kappa shape index (κ3) is 3.30. The zero-order valence-electron chi connectivity index (χ0n) is 10.9. The van der Waals surface area contributed by atoms with Gasteiger partial charge in [-0.05, 0) is 18.1 Å². The van der Waals surface area contributed by atoms with Gasteiger partial charge in [-0.1, -0.05) is 38.1 Å². The van der Waals surface area contributed by atoms with Gasteiger partial charge in [0, 0.05) is 12.5 Å². The summed E-state index contributed by atoms with van der Waals surface area (Å²) in [5.74, 6) is -1.28. The second-order valence-electron chi connectivity index (χ2n) is 5.00. The molecule has 0 amide bonds. The van der Waals surface area contributed by atoms with Crippen LogP contribution < -0.4 is 0 Å². The molecule has 1 aromatic rings. The Hall–Kier alpha value is -1.35. The lowest BCUT2D eigenvalue weighted by Gasteiger charge is -2.25. The van der Waals surface area contributed by atoms with E-state index < -0.39 is 11.9 Å². The SMILES string of the molecule is COCC(C)(C)c1cccc(C(C)C(=O)O)c1. The highest BCUT2D eigenvalue weighted by Crippen LogP contribution is 2.26. The first-order valence-corrected chi connectivity index (χ1v) is 5.70. The van der Waals surface area contributed by atoms with E-state index in [0.29, 0.717) is 6.61 Å². The predicted molar refractivity (Wildman–Crippen MR) is 67.4 cm³/mol. The molecular formula is C14H20O3. The van der Waals surface area contributed by atoms with Crippen molar-refractivity contribution in [3.05, 3.63) is 35.4 Å². The van der Waals surface area contributed by atoms with E-state index in [1.807, 2.05) is 24.3 Å². The average Bonchev–Trinajstić information content (AvgIpc) is 2.28. The monoisotopic (exact) mass is 236 g/mol. The molecule has 94 valence electrons. The number of aliphatic carboxylic acids is 1. The van der Waals surface area contributed by atoms with Crippen LogP contribution in [0.3, 0.4) is 0 Å². The van der Waals surface area contributed by atoms with Crippen LogP contribution in [0.2, 0.25) is 0 Å². The van der Waals surface area contributed by atoms with Gasteiger partial charge in [-0.2, -0.15) is 0 Å². The fourth-order valence-electron chi connectivity index (χ4n) is 1.82. The quantitative estimate of drug-likeness (QED) is 0.855. The van der Waals surface area contributed by atoms with E-state index in [1.165, 1.54) is 0 Å². The Morgan fingerprint density at radius 2 is 2.12 bits per heavy atom. The molecule has 1 aromatic carbocycles. The molecule has 17 heavy (non-hydrogen) atoms. The van der Waals surface area contributed by atoms with Gasteiger partial charge in [0.15, 0.2) is 0 Å². The van der Waals surface area contributed by atoms with Gasteiger partial charge in [-0.15, -0.1) is 0 Å². The van der Waals surface area contributed by atoms with E-state index in [1.54, 1.807) is 14.0 Å². The molecule has 0 aliphatic rings. The van der Waals surface area contributed by atoms with Crippen molar-refractivity contribution in [1.29, 1.82) is 0 Å². The maximum atomic E-state index is 11.0. The van der Waals surface area contributed by atoms with Gasteiger partial charge in [0.25, 0.3) is 0 Å². The highest BCUT2D eigenvalue weighted by Gasteiger charge is 2.22. The van der Waals surface area contributed by atoms with Crippen molar-refractivity contribution in [1.82, 2.24) is 0 Å². The molecule has 3 heteroatoms. The van der Waals surface area contributed by atoms with Gasteiger partial charge in [-0.25, -0.2) is 0 Å². The number of rotatable bonds is 5. The number of carbonyl (C=O) groups is 1. The van der Waals surface area contributed by atoms with Crippen molar-refractivity contribution in [3.63, 3.8) is 0 Å². The van der Waals surface area contributed by atoms with Gasteiger partial charge in [-0.3, -0.25) is 4.79 Å². The predicted octanol–water partition coefficient (Wildman–Crippen LogP) is 2.80. The summed E-state index contributed by atoms with van der Waals surface area (Å²) in [6, 6.07) is 7.72. The minimum absolute atomic E-state index is 0.108. The molecule has 0 bridgehead atoms. The maximum absolute atomic E-state index is 11.0. The molecule has 0 radical (unpaired) electrons. The summed E-state index contributed by atoms with van der Waals surface area (Å²) in [6.45, 7) is 6.48.